The monoisotopic (exact) mass is 171 g/mol. The van der Waals surface area contributed by atoms with E-state index >= 15 is 0 Å². The van der Waals surface area contributed by atoms with E-state index in [0.717, 1.165) is 0 Å². The highest BCUT2D eigenvalue weighted by Gasteiger charge is 2.07. The van der Waals surface area contributed by atoms with E-state index in [-0.39, 0.29) is 6.04 Å². The second-order valence-electron chi connectivity index (χ2n) is 2.27. The Hall–Kier alpha value is -0.730. The minimum atomic E-state index is -0.125. The highest BCUT2D eigenvalue weighted by Crippen LogP contribution is 2.20. The van der Waals surface area contributed by atoms with Crippen molar-refractivity contribution >= 4 is 11.6 Å². The maximum absolute atomic E-state index is 5.70. The van der Waals surface area contributed by atoms with Crippen LogP contribution in [0.15, 0.2) is 29.2 Å². The highest BCUT2D eigenvalue weighted by molar-refractivity contribution is 6.28. The van der Waals surface area contributed by atoms with Gasteiger partial charge in [0.15, 0.2) is 5.22 Å². The Morgan fingerprint density at radius 1 is 1.73 bits per heavy atom. The third kappa shape index (κ3) is 2.10. The highest BCUT2D eigenvalue weighted by atomic mass is 35.5. The SMILES string of the molecule is C=CC[C@@H](N)c1ccc(Cl)o1. The van der Waals surface area contributed by atoms with Crippen molar-refractivity contribution in [2.24, 2.45) is 5.73 Å². The van der Waals surface area contributed by atoms with Crippen molar-refractivity contribution in [2.75, 3.05) is 0 Å². The maximum Gasteiger partial charge on any atom is 0.193 e. The van der Waals surface area contributed by atoms with Crippen molar-refractivity contribution in [1.82, 2.24) is 0 Å². The molecule has 1 atom stereocenters. The molecule has 0 aliphatic carbocycles. The Balaban J connectivity index is 2.67. The van der Waals surface area contributed by atoms with Gasteiger partial charge >= 0.3 is 0 Å². The summed E-state index contributed by atoms with van der Waals surface area (Å²) in [5, 5.41) is 0.375. The minimum Gasteiger partial charge on any atom is -0.448 e. The van der Waals surface area contributed by atoms with Crippen molar-refractivity contribution in [3.8, 4) is 0 Å². The Bertz CT molecular complexity index is 244. The lowest BCUT2D eigenvalue weighted by Crippen LogP contribution is -2.07. The number of hydrogen-bond acceptors (Lipinski definition) is 2. The fourth-order valence-corrected chi connectivity index (χ4v) is 0.975. The molecule has 1 aromatic rings. The minimum absolute atomic E-state index is 0.125. The molecule has 0 spiro atoms. The molecule has 60 valence electrons. The first-order chi connectivity index (χ1) is 5.24. The Morgan fingerprint density at radius 3 is 2.91 bits per heavy atom. The lowest BCUT2D eigenvalue weighted by Gasteiger charge is -2.02. The van der Waals surface area contributed by atoms with Crippen LogP contribution >= 0.6 is 11.6 Å². The molecular weight excluding hydrogens is 162 g/mol. The molecule has 11 heavy (non-hydrogen) atoms. The van der Waals surface area contributed by atoms with Crippen LogP contribution < -0.4 is 5.73 Å². The van der Waals surface area contributed by atoms with Crippen LogP contribution in [0.2, 0.25) is 5.22 Å². The van der Waals surface area contributed by atoms with Gasteiger partial charge in [-0.05, 0) is 30.2 Å². The van der Waals surface area contributed by atoms with Crippen LogP contribution in [0.4, 0.5) is 0 Å². The molecule has 0 radical (unpaired) electrons. The number of rotatable bonds is 3. The van der Waals surface area contributed by atoms with Gasteiger partial charge in [-0.1, -0.05) is 6.08 Å². The Kier molecular flexibility index (Phi) is 2.74. The predicted molar refractivity (Wildman–Crippen MR) is 45.5 cm³/mol. The summed E-state index contributed by atoms with van der Waals surface area (Å²) in [4.78, 5) is 0. The molecule has 0 unspecified atom stereocenters. The fourth-order valence-electron chi connectivity index (χ4n) is 0.823. The lowest BCUT2D eigenvalue weighted by molar-refractivity contribution is 0.469. The summed E-state index contributed by atoms with van der Waals surface area (Å²) in [7, 11) is 0. The number of hydrogen-bond donors (Lipinski definition) is 1. The molecule has 0 aromatic carbocycles. The van der Waals surface area contributed by atoms with Crippen LogP contribution in [0.5, 0.6) is 0 Å². The van der Waals surface area contributed by atoms with Crippen molar-refractivity contribution < 1.29 is 4.42 Å². The van der Waals surface area contributed by atoms with Gasteiger partial charge in [0.1, 0.15) is 5.76 Å². The molecule has 0 fully saturated rings. The standard InChI is InChI=1S/C8H10ClNO/c1-2-3-6(10)7-4-5-8(9)11-7/h2,4-6H,1,3,10H2/t6-/m1/s1. The molecule has 1 aromatic heterocycles. The molecule has 1 heterocycles. The van der Waals surface area contributed by atoms with Crippen LogP contribution in [0, 0.1) is 0 Å². The van der Waals surface area contributed by atoms with Crippen molar-refractivity contribution in [2.45, 2.75) is 12.5 Å². The summed E-state index contributed by atoms with van der Waals surface area (Å²) in [6.45, 7) is 3.58. The molecule has 0 saturated heterocycles. The van der Waals surface area contributed by atoms with E-state index in [1.165, 1.54) is 0 Å². The molecule has 2 N–H and O–H groups in total. The van der Waals surface area contributed by atoms with Crippen LogP contribution in [-0.4, -0.2) is 0 Å². The van der Waals surface area contributed by atoms with Gasteiger partial charge in [-0.3, -0.25) is 0 Å². The van der Waals surface area contributed by atoms with Gasteiger partial charge in [-0.25, -0.2) is 0 Å². The van der Waals surface area contributed by atoms with Gasteiger partial charge in [0, 0.05) is 0 Å². The quantitative estimate of drug-likeness (QED) is 0.710. The van der Waals surface area contributed by atoms with E-state index in [1.807, 2.05) is 0 Å². The molecule has 0 aliphatic rings. The number of nitrogens with two attached hydrogens (primary N) is 1. The summed E-state index contributed by atoms with van der Waals surface area (Å²) in [5.41, 5.74) is 5.70. The van der Waals surface area contributed by atoms with Crippen LogP contribution in [0.1, 0.15) is 18.2 Å². The average molecular weight is 172 g/mol. The third-order valence-corrected chi connectivity index (χ3v) is 1.58. The van der Waals surface area contributed by atoms with Gasteiger partial charge in [0.2, 0.25) is 0 Å². The smallest absolute Gasteiger partial charge is 0.193 e. The van der Waals surface area contributed by atoms with Crippen molar-refractivity contribution in [3.63, 3.8) is 0 Å². The van der Waals surface area contributed by atoms with Crippen LogP contribution in [0.25, 0.3) is 0 Å². The maximum atomic E-state index is 5.70. The first-order valence-electron chi connectivity index (χ1n) is 3.35. The van der Waals surface area contributed by atoms with Gasteiger partial charge in [0.05, 0.1) is 6.04 Å². The van der Waals surface area contributed by atoms with Crippen LogP contribution in [0.3, 0.4) is 0 Å². The summed E-state index contributed by atoms with van der Waals surface area (Å²) in [6, 6.07) is 3.33. The molecule has 0 amide bonds. The number of furan rings is 1. The molecule has 2 nitrogen and oxygen atoms in total. The number of halogens is 1. The first-order valence-corrected chi connectivity index (χ1v) is 3.73. The van der Waals surface area contributed by atoms with Crippen LogP contribution in [-0.2, 0) is 0 Å². The molecule has 0 aliphatic heterocycles. The zero-order chi connectivity index (χ0) is 8.27. The third-order valence-electron chi connectivity index (χ3n) is 1.38. The molecule has 3 heteroatoms. The predicted octanol–water partition coefficient (Wildman–Crippen LogP) is 2.51. The summed E-state index contributed by atoms with van der Waals surface area (Å²) >= 11 is 5.56. The molecule has 1 rings (SSSR count). The zero-order valence-electron chi connectivity index (χ0n) is 6.09. The van der Waals surface area contributed by atoms with Gasteiger partial charge in [0.25, 0.3) is 0 Å². The normalized spacial score (nSPS) is 12.9. The van der Waals surface area contributed by atoms with Gasteiger partial charge < -0.3 is 10.2 Å². The Morgan fingerprint density at radius 2 is 2.45 bits per heavy atom. The van der Waals surface area contributed by atoms with E-state index in [1.54, 1.807) is 18.2 Å². The first kappa shape index (κ1) is 8.37. The largest absolute Gasteiger partial charge is 0.448 e. The van der Waals surface area contributed by atoms with E-state index in [9.17, 15) is 0 Å². The topological polar surface area (TPSA) is 39.2 Å². The van der Waals surface area contributed by atoms with Crippen molar-refractivity contribution in [3.05, 3.63) is 35.8 Å². The second kappa shape index (κ2) is 3.60. The molecular formula is C8H10ClNO. The van der Waals surface area contributed by atoms with E-state index < -0.39 is 0 Å². The molecule has 0 bridgehead atoms. The summed E-state index contributed by atoms with van der Waals surface area (Å²) in [6.07, 6.45) is 2.45. The van der Waals surface area contributed by atoms with Crippen molar-refractivity contribution in [1.29, 1.82) is 0 Å². The van der Waals surface area contributed by atoms with E-state index in [4.69, 9.17) is 21.8 Å². The summed E-state index contributed by atoms with van der Waals surface area (Å²) in [5.74, 6) is 0.704. The second-order valence-corrected chi connectivity index (χ2v) is 2.65. The van der Waals surface area contributed by atoms with Gasteiger partial charge in [-0.2, -0.15) is 0 Å². The average Bonchev–Trinajstić information content (AvgIpc) is 2.36. The fraction of sp³-hybridized carbons (Fsp3) is 0.250. The summed E-state index contributed by atoms with van der Waals surface area (Å²) < 4.78 is 5.09. The Labute approximate surface area is 70.6 Å². The van der Waals surface area contributed by atoms with E-state index in [2.05, 4.69) is 6.58 Å². The van der Waals surface area contributed by atoms with E-state index in [0.29, 0.717) is 17.4 Å². The zero-order valence-corrected chi connectivity index (χ0v) is 6.84. The molecule has 0 saturated carbocycles. The van der Waals surface area contributed by atoms with Gasteiger partial charge in [-0.15, -0.1) is 6.58 Å². The lowest BCUT2D eigenvalue weighted by atomic mass is 10.2.